The summed E-state index contributed by atoms with van der Waals surface area (Å²) in [6.45, 7) is 8.06. The Bertz CT molecular complexity index is 639. The summed E-state index contributed by atoms with van der Waals surface area (Å²) in [7, 11) is -2.94. The zero-order valence-electron chi connectivity index (χ0n) is 16.8. The van der Waals surface area contributed by atoms with E-state index < -0.39 is 9.84 Å². The van der Waals surface area contributed by atoms with Gasteiger partial charge in [0.1, 0.15) is 9.84 Å². The molecule has 0 heterocycles. The predicted octanol–water partition coefficient (Wildman–Crippen LogP) is 3.15. The van der Waals surface area contributed by atoms with Gasteiger partial charge in [-0.3, -0.25) is 4.99 Å². The number of nitrogens with zero attached hydrogens (tertiary/aromatic N) is 1. The van der Waals surface area contributed by atoms with E-state index in [2.05, 4.69) is 27.8 Å². The van der Waals surface area contributed by atoms with Crippen molar-refractivity contribution in [2.24, 2.45) is 4.99 Å². The highest BCUT2D eigenvalue weighted by Crippen LogP contribution is 2.15. The van der Waals surface area contributed by atoms with Crippen molar-refractivity contribution in [3.8, 4) is 0 Å². The Balaban J connectivity index is 0.00000676. The van der Waals surface area contributed by atoms with Gasteiger partial charge in [0.15, 0.2) is 5.96 Å². The Morgan fingerprint density at radius 2 is 1.89 bits per heavy atom. The third kappa shape index (κ3) is 13.0. The molecule has 1 rings (SSSR count). The second-order valence-electron chi connectivity index (χ2n) is 6.50. The van der Waals surface area contributed by atoms with Crippen LogP contribution in [-0.4, -0.2) is 52.1 Å². The van der Waals surface area contributed by atoms with Gasteiger partial charge in [0.2, 0.25) is 0 Å². The van der Waals surface area contributed by atoms with Gasteiger partial charge in [0.25, 0.3) is 0 Å². The number of halogens is 1. The summed E-state index contributed by atoms with van der Waals surface area (Å²) in [5, 5.41) is 6.43. The van der Waals surface area contributed by atoms with Crippen LogP contribution in [-0.2, 0) is 14.6 Å². The van der Waals surface area contributed by atoms with Crippen molar-refractivity contribution in [1.82, 2.24) is 10.6 Å². The van der Waals surface area contributed by atoms with Crippen LogP contribution >= 0.6 is 24.0 Å². The standard InChI is InChI=1S/C19H33N3O3S.HI/c1-5-20-19(22-16(2)12-15-26(4,23)24)21-13-9-14-25-17(3)18-10-7-6-8-11-18;/h6-8,10-11,16-17H,5,9,12-15H2,1-4H3,(H2,20,21,22);1H. The summed E-state index contributed by atoms with van der Waals surface area (Å²) >= 11 is 0. The monoisotopic (exact) mass is 511 g/mol. The molecule has 2 unspecified atom stereocenters. The maximum atomic E-state index is 11.3. The number of hydrogen-bond donors (Lipinski definition) is 2. The number of hydrogen-bond acceptors (Lipinski definition) is 4. The number of guanidine groups is 1. The molecule has 27 heavy (non-hydrogen) atoms. The maximum Gasteiger partial charge on any atom is 0.191 e. The Morgan fingerprint density at radius 3 is 2.48 bits per heavy atom. The molecule has 1 aromatic rings. The van der Waals surface area contributed by atoms with Crippen LogP contribution in [0.15, 0.2) is 35.3 Å². The van der Waals surface area contributed by atoms with Gasteiger partial charge in [0, 0.05) is 32.0 Å². The summed E-state index contributed by atoms with van der Waals surface area (Å²) in [6.07, 6.45) is 2.71. The molecular weight excluding hydrogens is 477 g/mol. The van der Waals surface area contributed by atoms with Gasteiger partial charge < -0.3 is 15.4 Å². The second-order valence-corrected chi connectivity index (χ2v) is 8.76. The van der Waals surface area contributed by atoms with Gasteiger partial charge in [-0.25, -0.2) is 8.42 Å². The van der Waals surface area contributed by atoms with E-state index in [1.54, 1.807) is 0 Å². The molecule has 0 spiro atoms. The molecule has 0 aliphatic heterocycles. The third-order valence-corrected chi connectivity index (χ3v) is 4.84. The molecule has 0 fully saturated rings. The van der Waals surface area contributed by atoms with Crippen LogP contribution in [0.2, 0.25) is 0 Å². The van der Waals surface area contributed by atoms with Gasteiger partial charge >= 0.3 is 0 Å². The smallest absolute Gasteiger partial charge is 0.191 e. The molecule has 0 radical (unpaired) electrons. The normalized spacial score (nSPS) is 14.1. The summed E-state index contributed by atoms with van der Waals surface area (Å²) in [4.78, 5) is 4.53. The number of benzene rings is 1. The van der Waals surface area contributed by atoms with Gasteiger partial charge in [-0.2, -0.15) is 0 Å². The predicted molar refractivity (Wildman–Crippen MR) is 124 cm³/mol. The van der Waals surface area contributed by atoms with Crippen molar-refractivity contribution in [3.05, 3.63) is 35.9 Å². The van der Waals surface area contributed by atoms with E-state index in [1.165, 1.54) is 11.8 Å². The van der Waals surface area contributed by atoms with Crippen LogP contribution < -0.4 is 10.6 Å². The number of ether oxygens (including phenoxy) is 1. The Labute approximate surface area is 181 Å². The average molecular weight is 511 g/mol. The number of rotatable bonds is 11. The fraction of sp³-hybridized carbons (Fsp3) is 0.632. The molecule has 0 bridgehead atoms. The van der Waals surface area contributed by atoms with Crippen LogP contribution in [0.5, 0.6) is 0 Å². The van der Waals surface area contributed by atoms with Gasteiger partial charge in [0.05, 0.1) is 11.9 Å². The fourth-order valence-electron chi connectivity index (χ4n) is 2.35. The molecule has 0 amide bonds. The molecule has 0 saturated heterocycles. The van der Waals surface area contributed by atoms with Crippen molar-refractivity contribution in [3.63, 3.8) is 0 Å². The minimum atomic E-state index is -2.94. The van der Waals surface area contributed by atoms with Gasteiger partial charge in [-0.1, -0.05) is 30.3 Å². The first kappa shape index (κ1) is 26.1. The van der Waals surface area contributed by atoms with Crippen LogP contribution in [0, 0.1) is 0 Å². The minimum absolute atomic E-state index is 0. The SMILES string of the molecule is CCNC(=NCCCOC(C)c1ccccc1)NC(C)CCS(C)(=O)=O.I. The molecule has 8 heteroatoms. The quantitative estimate of drug-likeness (QED) is 0.207. The van der Waals surface area contributed by atoms with Crippen LogP contribution in [0.3, 0.4) is 0 Å². The first-order valence-electron chi connectivity index (χ1n) is 9.21. The number of aliphatic imine (C=N–C) groups is 1. The van der Waals surface area contributed by atoms with Crippen molar-refractivity contribution < 1.29 is 13.2 Å². The van der Waals surface area contributed by atoms with Gasteiger partial charge in [-0.15, -0.1) is 24.0 Å². The molecule has 0 aliphatic carbocycles. The Morgan fingerprint density at radius 1 is 1.22 bits per heavy atom. The molecule has 6 nitrogen and oxygen atoms in total. The molecular formula is C19H34IN3O3S. The van der Waals surface area contributed by atoms with Crippen molar-refractivity contribution in [2.75, 3.05) is 31.7 Å². The molecule has 2 N–H and O–H groups in total. The lowest BCUT2D eigenvalue weighted by atomic mass is 10.1. The van der Waals surface area contributed by atoms with Crippen LogP contribution in [0.25, 0.3) is 0 Å². The van der Waals surface area contributed by atoms with Crippen LogP contribution in [0.1, 0.15) is 45.3 Å². The molecule has 1 aromatic carbocycles. The highest BCUT2D eigenvalue weighted by molar-refractivity contribution is 14.0. The zero-order valence-corrected chi connectivity index (χ0v) is 19.9. The molecule has 0 aliphatic rings. The Hall–Kier alpha value is -0.870. The summed E-state index contributed by atoms with van der Waals surface area (Å²) in [6, 6.07) is 10.2. The topological polar surface area (TPSA) is 79.8 Å². The molecule has 156 valence electrons. The Kier molecular flexibility index (Phi) is 13.7. The molecule has 2 atom stereocenters. The van der Waals surface area contributed by atoms with E-state index in [1.807, 2.05) is 39.0 Å². The lowest BCUT2D eigenvalue weighted by Crippen LogP contribution is -2.43. The van der Waals surface area contributed by atoms with E-state index in [0.717, 1.165) is 13.0 Å². The van der Waals surface area contributed by atoms with Crippen molar-refractivity contribution in [1.29, 1.82) is 0 Å². The zero-order chi connectivity index (χ0) is 19.4. The average Bonchev–Trinajstić information content (AvgIpc) is 2.60. The second kappa shape index (κ2) is 14.2. The number of nitrogens with one attached hydrogen (secondary N) is 2. The maximum absolute atomic E-state index is 11.3. The summed E-state index contributed by atoms with van der Waals surface area (Å²) in [5.41, 5.74) is 1.17. The number of sulfone groups is 1. The van der Waals surface area contributed by atoms with Gasteiger partial charge in [-0.05, 0) is 39.2 Å². The highest BCUT2D eigenvalue weighted by Gasteiger charge is 2.09. The van der Waals surface area contributed by atoms with Crippen molar-refractivity contribution >= 4 is 39.8 Å². The van der Waals surface area contributed by atoms with E-state index in [4.69, 9.17) is 4.74 Å². The van der Waals surface area contributed by atoms with E-state index in [-0.39, 0.29) is 41.9 Å². The first-order valence-corrected chi connectivity index (χ1v) is 11.3. The van der Waals surface area contributed by atoms with Crippen molar-refractivity contribution in [2.45, 2.75) is 45.8 Å². The van der Waals surface area contributed by atoms with Crippen LogP contribution in [0.4, 0.5) is 0 Å². The largest absolute Gasteiger partial charge is 0.374 e. The lowest BCUT2D eigenvalue weighted by Gasteiger charge is -2.17. The highest BCUT2D eigenvalue weighted by atomic mass is 127. The lowest BCUT2D eigenvalue weighted by molar-refractivity contribution is 0.0652. The molecule has 0 aromatic heterocycles. The third-order valence-electron chi connectivity index (χ3n) is 3.86. The molecule has 0 saturated carbocycles. The fourth-order valence-corrected chi connectivity index (χ4v) is 3.13. The minimum Gasteiger partial charge on any atom is -0.374 e. The summed E-state index contributed by atoms with van der Waals surface area (Å²) < 4.78 is 28.4. The first-order chi connectivity index (χ1) is 12.3. The van der Waals surface area contributed by atoms with E-state index in [9.17, 15) is 8.42 Å². The van der Waals surface area contributed by atoms with E-state index in [0.29, 0.717) is 25.5 Å². The summed E-state index contributed by atoms with van der Waals surface area (Å²) in [5.74, 6) is 0.885. The van der Waals surface area contributed by atoms with E-state index >= 15 is 0 Å².